The number of nitrogens with zero attached hydrogens (tertiary/aromatic N) is 1. The first-order valence-corrected chi connectivity index (χ1v) is 9.46. The van der Waals surface area contributed by atoms with Gasteiger partial charge in [0.1, 0.15) is 11.3 Å². The summed E-state index contributed by atoms with van der Waals surface area (Å²) in [5.74, 6) is -0.788. The second kappa shape index (κ2) is 7.26. The van der Waals surface area contributed by atoms with E-state index >= 15 is 0 Å². The monoisotopic (exact) mass is 405 g/mol. The molecule has 2 heterocycles. The van der Waals surface area contributed by atoms with E-state index in [0.717, 1.165) is 4.90 Å². The van der Waals surface area contributed by atoms with Gasteiger partial charge in [0, 0.05) is 11.5 Å². The molecule has 3 aromatic rings. The first-order chi connectivity index (χ1) is 14.3. The third-order valence-corrected chi connectivity index (χ3v) is 5.25. The first kappa shape index (κ1) is 19.6. The van der Waals surface area contributed by atoms with Crippen LogP contribution in [0.2, 0.25) is 0 Å². The van der Waals surface area contributed by atoms with E-state index in [1.165, 1.54) is 13.0 Å². The van der Waals surface area contributed by atoms with Gasteiger partial charge in [0.25, 0.3) is 11.8 Å². The molecule has 7 heteroatoms. The molecule has 7 nitrogen and oxygen atoms in total. The summed E-state index contributed by atoms with van der Waals surface area (Å²) >= 11 is 0. The Morgan fingerprint density at radius 3 is 2.30 bits per heavy atom. The molecule has 0 fully saturated rings. The second-order valence-corrected chi connectivity index (χ2v) is 7.28. The van der Waals surface area contributed by atoms with Gasteiger partial charge in [-0.1, -0.05) is 12.1 Å². The molecule has 152 valence electrons. The summed E-state index contributed by atoms with van der Waals surface area (Å²) in [5.41, 5.74) is 1.36. The summed E-state index contributed by atoms with van der Waals surface area (Å²) in [6.07, 6.45) is -0.750. The van der Waals surface area contributed by atoms with Crippen LogP contribution in [0.4, 0.5) is 0 Å². The molecule has 0 bridgehead atoms. The molecule has 0 spiro atoms. The highest BCUT2D eigenvalue weighted by molar-refractivity contribution is 6.21. The van der Waals surface area contributed by atoms with Gasteiger partial charge in [-0.15, -0.1) is 0 Å². The molecule has 1 atom stereocenters. The van der Waals surface area contributed by atoms with Crippen molar-refractivity contribution in [2.75, 3.05) is 0 Å². The maximum Gasteiger partial charge on any atom is 0.336 e. The Morgan fingerprint density at radius 2 is 1.70 bits per heavy atom. The van der Waals surface area contributed by atoms with Crippen molar-refractivity contribution in [1.82, 2.24) is 4.90 Å². The minimum Gasteiger partial charge on any atom is -0.482 e. The lowest BCUT2D eigenvalue weighted by Crippen LogP contribution is -2.30. The van der Waals surface area contributed by atoms with E-state index < -0.39 is 23.5 Å². The number of imide groups is 1. The van der Waals surface area contributed by atoms with Crippen LogP contribution in [-0.2, 0) is 11.3 Å². The highest BCUT2D eigenvalue weighted by Crippen LogP contribution is 2.33. The Labute approximate surface area is 171 Å². The molecule has 2 amide bonds. The van der Waals surface area contributed by atoms with Crippen LogP contribution >= 0.6 is 0 Å². The molecule has 4 rings (SSSR count). The highest BCUT2D eigenvalue weighted by atomic mass is 16.5. The molecule has 1 aliphatic rings. The molecule has 0 saturated carbocycles. The van der Waals surface area contributed by atoms with E-state index in [1.54, 1.807) is 50.2 Å². The number of ether oxygens (including phenoxy) is 1. The number of hydrogen-bond donors (Lipinski definition) is 0. The van der Waals surface area contributed by atoms with E-state index in [1.807, 2.05) is 0 Å². The summed E-state index contributed by atoms with van der Waals surface area (Å²) in [6.45, 7) is 4.62. The normalized spacial score (nSPS) is 14.2. The van der Waals surface area contributed by atoms with Crippen LogP contribution in [0.25, 0.3) is 11.0 Å². The zero-order valence-electron chi connectivity index (χ0n) is 16.7. The summed E-state index contributed by atoms with van der Waals surface area (Å²) in [4.78, 5) is 50.5. The van der Waals surface area contributed by atoms with Gasteiger partial charge in [0.05, 0.1) is 23.2 Å². The molecule has 0 N–H and O–H groups in total. The second-order valence-electron chi connectivity index (χ2n) is 7.28. The van der Waals surface area contributed by atoms with E-state index in [0.29, 0.717) is 27.6 Å². The zero-order chi connectivity index (χ0) is 21.6. The zero-order valence-corrected chi connectivity index (χ0v) is 16.7. The number of rotatable bonds is 5. The summed E-state index contributed by atoms with van der Waals surface area (Å²) in [5, 5.41) is 0.657. The molecule has 1 aliphatic heterocycles. The number of carbonyl (C=O) groups excluding carboxylic acids is 3. The number of amides is 2. The topological polar surface area (TPSA) is 93.9 Å². The Morgan fingerprint density at radius 1 is 1.07 bits per heavy atom. The lowest BCUT2D eigenvalue weighted by atomic mass is 10.1. The molecular formula is C23H19NO6. The third-order valence-electron chi connectivity index (χ3n) is 5.25. The van der Waals surface area contributed by atoms with Crippen molar-refractivity contribution in [2.24, 2.45) is 0 Å². The smallest absolute Gasteiger partial charge is 0.336 e. The number of Topliss-reactive ketones (excluding diaryl/α,β-unsaturated/α-hetero) is 1. The van der Waals surface area contributed by atoms with Crippen molar-refractivity contribution in [3.63, 3.8) is 0 Å². The van der Waals surface area contributed by atoms with Crippen LogP contribution in [0.5, 0.6) is 5.75 Å². The predicted octanol–water partition coefficient (Wildman–Crippen LogP) is 3.25. The maximum atomic E-state index is 12.8. The first-order valence-electron chi connectivity index (χ1n) is 9.46. The number of benzene rings is 2. The summed E-state index contributed by atoms with van der Waals surface area (Å²) in [7, 11) is 0. The maximum absolute atomic E-state index is 12.8. The van der Waals surface area contributed by atoms with E-state index in [-0.39, 0.29) is 23.7 Å². The molecule has 0 radical (unpaired) electrons. The fraction of sp³-hybridized carbons (Fsp3) is 0.217. The van der Waals surface area contributed by atoms with E-state index in [9.17, 15) is 19.2 Å². The van der Waals surface area contributed by atoms with Crippen molar-refractivity contribution in [3.8, 4) is 5.75 Å². The van der Waals surface area contributed by atoms with Crippen molar-refractivity contribution in [2.45, 2.75) is 33.4 Å². The quantitative estimate of drug-likeness (QED) is 0.478. The Bertz CT molecular complexity index is 1240. The van der Waals surface area contributed by atoms with Crippen LogP contribution in [0.3, 0.4) is 0 Å². The van der Waals surface area contributed by atoms with Crippen LogP contribution < -0.4 is 10.4 Å². The van der Waals surface area contributed by atoms with Gasteiger partial charge in [-0.05, 0) is 50.6 Å². The standard InChI is InChI=1S/C23H19NO6/c1-12-10-20(26)30-21-15(12)8-9-19(29-14(3)13(2)25)18(21)11-24-22(27)16-6-4-5-7-17(16)23(24)28/h4-10,14H,11H2,1-3H3. The molecule has 30 heavy (non-hydrogen) atoms. The average molecular weight is 405 g/mol. The van der Waals surface area contributed by atoms with Crippen molar-refractivity contribution in [3.05, 3.63) is 75.1 Å². The van der Waals surface area contributed by atoms with Crippen molar-refractivity contribution < 1.29 is 23.5 Å². The summed E-state index contributed by atoms with van der Waals surface area (Å²) < 4.78 is 11.2. The van der Waals surface area contributed by atoms with Gasteiger partial charge in [0.2, 0.25) is 0 Å². The molecule has 1 unspecified atom stereocenters. The van der Waals surface area contributed by atoms with Crippen LogP contribution in [0, 0.1) is 6.92 Å². The van der Waals surface area contributed by atoms with E-state index in [4.69, 9.17) is 9.15 Å². The van der Waals surface area contributed by atoms with Gasteiger partial charge in [-0.3, -0.25) is 19.3 Å². The summed E-state index contributed by atoms with van der Waals surface area (Å²) in [6, 6.07) is 11.3. The van der Waals surface area contributed by atoms with Crippen LogP contribution in [-0.4, -0.2) is 28.6 Å². The van der Waals surface area contributed by atoms with Gasteiger partial charge >= 0.3 is 5.63 Å². The van der Waals surface area contributed by atoms with Gasteiger partial charge in [-0.25, -0.2) is 4.79 Å². The number of hydrogen-bond acceptors (Lipinski definition) is 6. The number of ketones is 1. The van der Waals surface area contributed by atoms with Gasteiger partial charge in [-0.2, -0.15) is 0 Å². The van der Waals surface area contributed by atoms with Crippen LogP contribution in [0.1, 0.15) is 45.7 Å². The van der Waals surface area contributed by atoms with Crippen LogP contribution in [0.15, 0.2) is 51.7 Å². The third kappa shape index (κ3) is 3.18. The lowest BCUT2D eigenvalue weighted by Gasteiger charge is -2.20. The molecule has 1 aromatic heterocycles. The largest absolute Gasteiger partial charge is 0.482 e. The minimum atomic E-state index is -0.750. The van der Waals surface area contributed by atoms with E-state index in [2.05, 4.69) is 0 Å². The Kier molecular flexibility index (Phi) is 4.73. The fourth-order valence-corrected chi connectivity index (χ4v) is 3.50. The highest BCUT2D eigenvalue weighted by Gasteiger charge is 2.36. The molecule has 0 aliphatic carbocycles. The number of fused-ring (bicyclic) bond motifs is 2. The number of aryl methyl sites for hydroxylation is 1. The SMILES string of the molecule is CC(=O)C(C)Oc1ccc2c(C)cc(=O)oc2c1CN1C(=O)c2ccccc2C1=O. The Balaban J connectivity index is 1.86. The van der Waals surface area contributed by atoms with Crippen molar-refractivity contribution in [1.29, 1.82) is 0 Å². The fourth-order valence-electron chi connectivity index (χ4n) is 3.50. The van der Waals surface area contributed by atoms with Gasteiger partial charge < -0.3 is 9.15 Å². The molecule has 2 aromatic carbocycles. The average Bonchev–Trinajstić information content (AvgIpc) is 2.94. The lowest BCUT2D eigenvalue weighted by molar-refractivity contribution is -0.122. The number of carbonyl (C=O) groups is 3. The predicted molar refractivity (Wildman–Crippen MR) is 109 cm³/mol. The minimum absolute atomic E-state index is 0.157. The Hall–Kier alpha value is -3.74. The molecule has 0 saturated heterocycles. The van der Waals surface area contributed by atoms with Gasteiger partial charge in [0.15, 0.2) is 11.9 Å². The van der Waals surface area contributed by atoms with Crippen molar-refractivity contribution >= 4 is 28.6 Å². The molecular weight excluding hydrogens is 386 g/mol.